The molecule has 0 atom stereocenters. The van der Waals surface area contributed by atoms with Crippen molar-refractivity contribution in [3.8, 4) is 0 Å². The van der Waals surface area contributed by atoms with Gasteiger partial charge in [0.25, 0.3) is 5.91 Å². The molecule has 21 heavy (non-hydrogen) atoms. The summed E-state index contributed by atoms with van der Waals surface area (Å²) in [7, 11) is 1.59. The molecule has 2 aromatic rings. The Balaban J connectivity index is 2.13. The van der Waals surface area contributed by atoms with Gasteiger partial charge in [0, 0.05) is 19.8 Å². The molecule has 6 nitrogen and oxygen atoms in total. The van der Waals surface area contributed by atoms with Crippen LogP contribution in [0.5, 0.6) is 0 Å². The summed E-state index contributed by atoms with van der Waals surface area (Å²) >= 11 is 3.37. The Morgan fingerprint density at radius 1 is 1.52 bits per heavy atom. The topological polar surface area (TPSA) is 56.0 Å². The number of carbonyl (C=O) groups is 1. The van der Waals surface area contributed by atoms with Crippen LogP contribution in [-0.2, 0) is 13.1 Å². The third-order valence-corrected chi connectivity index (χ3v) is 3.62. The zero-order chi connectivity index (χ0) is 15.6. The molecule has 0 spiro atoms. The number of halogens is 3. The van der Waals surface area contributed by atoms with Crippen molar-refractivity contribution in [1.29, 1.82) is 0 Å². The van der Waals surface area contributed by atoms with Crippen molar-refractivity contribution < 1.29 is 13.6 Å². The van der Waals surface area contributed by atoms with E-state index >= 15 is 0 Å². The van der Waals surface area contributed by atoms with Gasteiger partial charge in [0.05, 0.1) is 22.9 Å². The number of nitrogens with zero attached hydrogens (tertiary/aromatic N) is 5. The third kappa shape index (κ3) is 3.29. The van der Waals surface area contributed by atoms with Crippen LogP contribution in [0.3, 0.4) is 0 Å². The lowest BCUT2D eigenvalue weighted by molar-refractivity contribution is 0.0553. The minimum absolute atomic E-state index is 0.0171. The summed E-state index contributed by atoms with van der Waals surface area (Å²) in [5, 5.41) is 7.73. The number of rotatable bonds is 5. The van der Waals surface area contributed by atoms with Gasteiger partial charge in [0.15, 0.2) is 5.69 Å². The van der Waals surface area contributed by atoms with E-state index < -0.39 is 12.5 Å². The first kappa shape index (κ1) is 15.6. The van der Waals surface area contributed by atoms with Gasteiger partial charge in [-0.3, -0.25) is 9.48 Å². The molecule has 0 N–H and O–H groups in total. The van der Waals surface area contributed by atoms with Crippen LogP contribution in [0.25, 0.3) is 0 Å². The van der Waals surface area contributed by atoms with Crippen LogP contribution < -0.4 is 0 Å². The predicted molar refractivity (Wildman–Crippen MR) is 74.9 cm³/mol. The third-order valence-electron chi connectivity index (χ3n) is 2.96. The fourth-order valence-electron chi connectivity index (χ4n) is 1.87. The molecule has 0 aliphatic heterocycles. The highest BCUT2D eigenvalue weighted by atomic mass is 79.9. The second-order valence-corrected chi connectivity index (χ2v) is 5.23. The standard InChI is InChI=1S/C12H14BrF2N5O/c1-3-19-10(8(13)6-16-19)7-18(2)11(21)9-4-5-20(17-9)12(14)15/h4-6,12H,3,7H2,1-2H3. The lowest BCUT2D eigenvalue weighted by atomic mass is 10.3. The molecule has 0 unspecified atom stereocenters. The van der Waals surface area contributed by atoms with Crippen LogP contribution in [0.4, 0.5) is 8.78 Å². The van der Waals surface area contributed by atoms with E-state index in [2.05, 4.69) is 26.1 Å². The monoisotopic (exact) mass is 361 g/mol. The maximum atomic E-state index is 12.5. The summed E-state index contributed by atoms with van der Waals surface area (Å²) in [6.07, 6.45) is 2.74. The molecule has 0 fully saturated rings. The Labute approximate surface area is 128 Å². The van der Waals surface area contributed by atoms with Gasteiger partial charge >= 0.3 is 6.55 Å². The van der Waals surface area contributed by atoms with E-state index in [0.717, 1.165) is 16.4 Å². The Morgan fingerprint density at radius 2 is 2.24 bits per heavy atom. The molecule has 0 radical (unpaired) electrons. The van der Waals surface area contributed by atoms with Gasteiger partial charge in [-0.15, -0.1) is 0 Å². The largest absolute Gasteiger partial charge is 0.334 e. The molecular formula is C12H14BrF2N5O. The molecule has 0 aromatic carbocycles. The van der Waals surface area contributed by atoms with Crippen LogP contribution in [-0.4, -0.2) is 37.4 Å². The second kappa shape index (κ2) is 6.33. The van der Waals surface area contributed by atoms with Gasteiger partial charge in [-0.1, -0.05) is 0 Å². The van der Waals surface area contributed by atoms with Crippen molar-refractivity contribution in [3.05, 3.63) is 34.3 Å². The number of carbonyl (C=O) groups excluding carboxylic acids is 1. The Kier molecular flexibility index (Phi) is 4.71. The average Bonchev–Trinajstić information content (AvgIpc) is 3.06. The van der Waals surface area contributed by atoms with Crippen LogP contribution in [0, 0.1) is 0 Å². The highest BCUT2D eigenvalue weighted by Gasteiger charge is 2.19. The number of amides is 1. The fourth-order valence-corrected chi connectivity index (χ4v) is 2.29. The summed E-state index contributed by atoms with van der Waals surface area (Å²) in [5.74, 6) is -0.426. The lowest BCUT2D eigenvalue weighted by Crippen LogP contribution is -2.28. The summed E-state index contributed by atoms with van der Waals surface area (Å²) in [6, 6.07) is 1.27. The van der Waals surface area contributed by atoms with E-state index in [-0.39, 0.29) is 5.69 Å². The van der Waals surface area contributed by atoms with E-state index in [9.17, 15) is 13.6 Å². The van der Waals surface area contributed by atoms with Crippen molar-refractivity contribution in [3.63, 3.8) is 0 Å². The van der Waals surface area contributed by atoms with E-state index in [1.807, 2.05) is 6.92 Å². The first-order valence-corrected chi connectivity index (χ1v) is 7.02. The van der Waals surface area contributed by atoms with Crippen molar-refractivity contribution in [2.24, 2.45) is 0 Å². The van der Waals surface area contributed by atoms with E-state index in [1.165, 1.54) is 11.0 Å². The maximum Gasteiger partial charge on any atom is 0.333 e. The van der Waals surface area contributed by atoms with Crippen LogP contribution in [0.15, 0.2) is 22.9 Å². The smallest absolute Gasteiger partial charge is 0.333 e. The average molecular weight is 362 g/mol. The summed E-state index contributed by atoms with van der Waals surface area (Å²) in [6.45, 7) is 0.153. The molecule has 0 aliphatic carbocycles. The summed E-state index contributed by atoms with van der Waals surface area (Å²) < 4.78 is 27.9. The minimum atomic E-state index is -2.76. The van der Waals surface area contributed by atoms with Crippen molar-refractivity contribution >= 4 is 21.8 Å². The normalized spacial score (nSPS) is 11.1. The molecule has 1 amide bonds. The lowest BCUT2D eigenvalue weighted by Gasteiger charge is -2.17. The number of hydrogen-bond donors (Lipinski definition) is 0. The first-order chi connectivity index (χ1) is 9.93. The highest BCUT2D eigenvalue weighted by molar-refractivity contribution is 9.10. The zero-order valence-electron chi connectivity index (χ0n) is 11.5. The molecule has 0 bridgehead atoms. The van der Waals surface area contributed by atoms with Gasteiger partial charge < -0.3 is 4.90 Å². The van der Waals surface area contributed by atoms with E-state index in [1.54, 1.807) is 17.9 Å². The molecule has 2 heterocycles. The van der Waals surface area contributed by atoms with E-state index in [4.69, 9.17) is 0 Å². The van der Waals surface area contributed by atoms with Gasteiger partial charge in [0.1, 0.15) is 0 Å². The Bertz CT molecular complexity index is 639. The number of hydrogen-bond acceptors (Lipinski definition) is 3. The predicted octanol–water partition coefficient (Wildman–Crippen LogP) is 2.53. The fraction of sp³-hybridized carbons (Fsp3) is 0.417. The molecule has 2 rings (SSSR count). The summed E-state index contributed by atoms with van der Waals surface area (Å²) in [4.78, 5) is 13.6. The van der Waals surface area contributed by atoms with Crippen LogP contribution in [0.2, 0.25) is 0 Å². The molecule has 0 saturated carbocycles. The molecule has 9 heteroatoms. The highest BCUT2D eigenvalue weighted by Crippen LogP contribution is 2.18. The summed E-state index contributed by atoms with van der Waals surface area (Å²) in [5.41, 5.74) is 0.818. The van der Waals surface area contributed by atoms with Gasteiger partial charge in [-0.05, 0) is 28.9 Å². The van der Waals surface area contributed by atoms with Crippen molar-refractivity contribution in [2.75, 3.05) is 7.05 Å². The molecule has 0 aliphatic rings. The number of alkyl halides is 2. The van der Waals surface area contributed by atoms with Crippen molar-refractivity contribution in [1.82, 2.24) is 24.5 Å². The van der Waals surface area contributed by atoms with Crippen LogP contribution in [0.1, 0.15) is 29.7 Å². The minimum Gasteiger partial charge on any atom is -0.334 e. The Morgan fingerprint density at radius 3 is 2.81 bits per heavy atom. The second-order valence-electron chi connectivity index (χ2n) is 4.37. The number of aromatic nitrogens is 4. The van der Waals surface area contributed by atoms with Crippen LogP contribution >= 0.6 is 15.9 Å². The van der Waals surface area contributed by atoms with E-state index in [0.29, 0.717) is 17.8 Å². The molecule has 0 saturated heterocycles. The van der Waals surface area contributed by atoms with Gasteiger partial charge in [-0.25, -0.2) is 4.68 Å². The molecule has 2 aromatic heterocycles. The molecule has 114 valence electrons. The maximum absolute atomic E-state index is 12.5. The SMILES string of the molecule is CCn1ncc(Br)c1CN(C)C(=O)c1ccn(C(F)F)n1. The van der Waals surface area contributed by atoms with Gasteiger partial charge in [-0.2, -0.15) is 19.0 Å². The quantitative estimate of drug-likeness (QED) is 0.822. The Hall–Kier alpha value is -1.77. The number of aryl methyl sites for hydroxylation is 1. The first-order valence-electron chi connectivity index (χ1n) is 6.23. The van der Waals surface area contributed by atoms with Crippen molar-refractivity contribution in [2.45, 2.75) is 26.6 Å². The van der Waals surface area contributed by atoms with Gasteiger partial charge in [0.2, 0.25) is 0 Å². The molecular weight excluding hydrogens is 348 g/mol. The zero-order valence-corrected chi connectivity index (χ0v) is 13.1.